The van der Waals surface area contributed by atoms with Crippen molar-refractivity contribution in [3.05, 3.63) is 29.8 Å². The molecule has 4 nitrogen and oxygen atoms in total. The van der Waals surface area contributed by atoms with Crippen LogP contribution in [0.5, 0.6) is 5.75 Å². The van der Waals surface area contributed by atoms with Crippen LogP contribution in [0.4, 0.5) is 0 Å². The van der Waals surface area contributed by atoms with Gasteiger partial charge in [0.15, 0.2) is 0 Å². The lowest BCUT2D eigenvalue weighted by Crippen LogP contribution is -2.43. The summed E-state index contributed by atoms with van der Waals surface area (Å²) in [5.41, 5.74) is 6.60. The normalized spacial score (nSPS) is 21.3. The van der Waals surface area contributed by atoms with Crippen LogP contribution in [0, 0.1) is 5.92 Å². The summed E-state index contributed by atoms with van der Waals surface area (Å²) in [6.45, 7) is 0.379. The number of carboxylic acids is 1. The Kier molecular flexibility index (Phi) is 2.60. The lowest BCUT2D eigenvalue weighted by Gasteiger charge is -2.27. The third-order valence-electron chi connectivity index (χ3n) is 2.70. The van der Waals surface area contributed by atoms with E-state index in [1.165, 1.54) is 0 Å². The molecule has 0 unspecified atom stereocenters. The van der Waals surface area contributed by atoms with Crippen molar-refractivity contribution in [1.82, 2.24) is 0 Å². The van der Waals surface area contributed by atoms with E-state index in [2.05, 4.69) is 0 Å². The predicted octanol–water partition coefficient (Wildman–Crippen LogP) is 0.650. The molecule has 0 amide bonds. The summed E-state index contributed by atoms with van der Waals surface area (Å²) in [7, 11) is 0. The molecule has 0 spiro atoms. The van der Waals surface area contributed by atoms with Gasteiger partial charge in [0.2, 0.25) is 0 Å². The van der Waals surface area contributed by atoms with Gasteiger partial charge in [-0.15, -0.1) is 0 Å². The standard InChI is InChI=1S/C11H13NO3/c12-10(11(13)14)8-5-7-3-1-2-4-9(7)15-6-8/h1-4,8,10H,5-6,12H2,(H,13,14)/t8-,10+/m0/s1. The quantitative estimate of drug-likeness (QED) is 0.746. The SMILES string of the molecule is N[C@@H](C(=O)O)[C@@H]1COc2ccccc2C1. The molecule has 0 aromatic heterocycles. The Labute approximate surface area is 87.7 Å². The fraction of sp³-hybridized carbons (Fsp3) is 0.364. The second-order valence-corrected chi connectivity index (χ2v) is 3.75. The average molecular weight is 207 g/mol. The maximum Gasteiger partial charge on any atom is 0.320 e. The summed E-state index contributed by atoms with van der Waals surface area (Å²) in [5.74, 6) is -0.272. The molecule has 0 radical (unpaired) electrons. The van der Waals surface area contributed by atoms with Crippen LogP contribution in [0.2, 0.25) is 0 Å². The molecule has 1 aromatic carbocycles. The number of hydrogen-bond acceptors (Lipinski definition) is 3. The number of para-hydroxylation sites is 1. The Morgan fingerprint density at radius 2 is 2.27 bits per heavy atom. The molecule has 1 aliphatic heterocycles. The Bertz CT molecular complexity index is 378. The van der Waals surface area contributed by atoms with Crippen molar-refractivity contribution in [3.8, 4) is 5.75 Å². The number of benzene rings is 1. The highest BCUT2D eigenvalue weighted by molar-refractivity contribution is 5.73. The Balaban J connectivity index is 2.15. The number of carbonyl (C=O) groups is 1. The second-order valence-electron chi connectivity index (χ2n) is 3.75. The van der Waals surface area contributed by atoms with Crippen molar-refractivity contribution >= 4 is 5.97 Å². The first-order chi connectivity index (χ1) is 7.18. The van der Waals surface area contributed by atoms with Crippen molar-refractivity contribution in [2.24, 2.45) is 11.7 Å². The summed E-state index contributed by atoms with van der Waals surface area (Å²) < 4.78 is 5.46. The first-order valence-corrected chi connectivity index (χ1v) is 4.87. The zero-order valence-corrected chi connectivity index (χ0v) is 8.22. The first kappa shape index (κ1) is 9.98. The number of fused-ring (bicyclic) bond motifs is 1. The largest absolute Gasteiger partial charge is 0.493 e. The van der Waals surface area contributed by atoms with Gasteiger partial charge in [-0.05, 0) is 18.1 Å². The van der Waals surface area contributed by atoms with E-state index >= 15 is 0 Å². The minimum absolute atomic E-state index is 0.141. The van der Waals surface area contributed by atoms with E-state index in [0.29, 0.717) is 13.0 Å². The number of nitrogens with two attached hydrogens (primary N) is 1. The van der Waals surface area contributed by atoms with Crippen LogP contribution in [0.15, 0.2) is 24.3 Å². The second kappa shape index (κ2) is 3.90. The molecule has 1 aromatic rings. The van der Waals surface area contributed by atoms with Crippen LogP contribution in [0.1, 0.15) is 5.56 Å². The van der Waals surface area contributed by atoms with E-state index < -0.39 is 12.0 Å². The van der Waals surface area contributed by atoms with Crippen molar-refractivity contribution in [2.45, 2.75) is 12.5 Å². The maximum absolute atomic E-state index is 10.7. The highest BCUT2D eigenvalue weighted by Crippen LogP contribution is 2.27. The molecule has 1 aliphatic rings. The molecule has 0 saturated heterocycles. The number of ether oxygens (including phenoxy) is 1. The van der Waals surface area contributed by atoms with Crippen LogP contribution in [-0.4, -0.2) is 23.7 Å². The minimum Gasteiger partial charge on any atom is -0.493 e. The molecule has 1 heterocycles. The molecule has 0 bridgehead atoms. The van der Waals surface area contributed by atoms with Crippen molar-refractivity contribution in [1.29, 1.82) is 0 Å². The van der Waals surface area contributed by atoms with E-state index in [1.54, 1.807) is 0 Å². The molecule has 0 saturated carbocycles. The maximum atomic E-state index is 10.7. The molecular weight excluding hydrogens is 194 g/mol. The van der Waals surface area contributed by atoms with Gasteiger partial charge in [-0.3, -0.25) is 4.79 Å². The van der Waals surface area contributed by atoms with E-state index in [1.807, 2.05) is 24.3 Å². The predicted molar refractivity (Wildman–Crippen MR) is 54.7 cm³/mol. The molecule has 15 heavy (non-hydrogen) atoms. The smallest absolute Gasteiger partial charge is 0.320 e. The minimum atomic E-state index is -0.969. The number of carboxylic acid groups (broad SMARTS) is 1. The first-order valence-electron chi connectivity index (χ1n) is 4.87. The fourth-order valence-corrected chi connectivity index (χ4v) is 1.78. The van der Waals surface area contributed by atoms with E-state index in [0.717, 1.165) is 11.3 Å². The van der Waals surface area contributed by atoms with Gasteiger partial charge in [0.25, 0.3) is 0 Å². The van der Waals surface area contributed by atoms with Gasteiger partial charge in [0.1, 0.15) is 11.8 Å². The summed E-state index contributed by atoms with van der Waals surface area (Å²) in [5, 5.41) is 8.80. The summed E-state index contributed by atoms with van der Waals surface area (Å²) in [4.78, 5) is 10.7. The molecule has 4 heteroatoms. The summed E-state index contributed by atoms with van der Waals surface area (Å²) >= 11 is 0. The third kappa shape index (κ3) is 1.94. The molecule has 2 rings (SSSR count). The third-order valence-corrected chi connectivity index (χ3v) is 2.70. The van der Waals surface area contributed by atoms with Crippen LogP contribution < -0.4 is 10.5 Å². The molecule has 0 fully saturated rings. The number of rotatable bonds is 2. The van der Waals surface area contributed by atoms with Gasteiger partial charge in [-0.2, -0.15) is 0 Å². The van der Waals surface area contributed by atoms with Gasteiger partial charge in [0.05, 0.1) is 6.61 Å². The summed E-state index contributed by atoms with van der Waals surface area (Å²) in [6, 6.07) is 6.79. The Hall–Kier alpha value is -1.55. The van der Waals surface area contributed by atoms with Crippen LogP contribution in [-0.2, 0) is 11.2 Å². The van der Waals surface area contributed by atoms with E-state index in [-0.39, 0.29) is 5.92 Å². The Morgan fingerprint density at radius 3 is 3.00 bits per heavy atom. The lowest BCUT2D eigenvalue weighted by molar-refractivity contribution is -0.140. The molecular formula is C11H13NO3. The van der Waals surface area contributed by atoms with Crippen LogP contribution in [0.3, 0.4) is 0 Å². The van der Waals surface area contributed by atoms with Crippen LogP contribution >= 0.6 is 0 Å². The van der Waals surface area contributed by atoms with E-state index in [4.69, 9.17) is 15.6 Å². The van der Waals surface area contributed by atoms with Crippen LogP contribution in [0.25, 0.3) is 0 Å². The highest BCUT2D eigenvalue weighted by Gasteiger charge is 2.29. The average Bonchev–Trinajstić information content (AvgIpc) is 2.27. The molecule has 80 valence electrons. The van der Waals surface area contributed by atoms with Gasteiger partial charge in [-0.25, -0.2) is 0 Å². The lowest BCUT2D eigenvalue weighted by atomic mass is 9.91. The molecule has 0 aliphatic carbocycles. The fourth-order valence-electron chi connectivity index (χ4n) is 1.78. The van der Waals surface area contributed by atoms with Crippen molar-refractivity contribution in [3.63, 3.8) is 0 Å². The summed E-state index contributed by atoms with van der Waals surface area (Å²) in [6.07, 6.45) is 0.670. The van der Waals surface area contributed by atoms with Gasteiger partial charge < -0.3 is 15.6 Å². The van der Waals surface area contributed by atoms with Gasteiger partial charge in [0, 0.05) is 5.92 Å². The zero-order chi connectivity index (χ0) is 10.8. The Morgan fingerprint density at radius 1 is 1.53 bits per heavy atom. The molecule has 3 N–H and O–H groups in total. The zero-order valence-electron chi connectivity index (χ0n) is 8.22. The van der Waals surface area contributed by atoms with Gasteiger partial charge >= 0.3 is 5.97 Å². The highest BCUT2D eigenvalue weighted by atomic mass is 16.5. The number of hydrogen-bond donors (Lipinski definition) is 2. The molecule has 2 atom stereocenters. The van der Waals surface area contributed by atoms with E-state index in [9.17, 15) is 4.79 Å². The van der Waals surface area contributed by atoms with Crippen molar-refractivity contribution in [2.75, 3.05) is 6.61 Å². The monoisotopic (exact) mass is 207 g/mol. The van der Waals surface area contributed by atoms with Gasteiger partial charge in [-0.1, -0.05) is 18.2 Å². The topological polar surface area (TPSA) is 72.6 Å². The van der Waals surface area contributed by atoms with Crippen molar-refractivity contribution < 1.29 is 14.6 Å². The number of aliphatic carboxylic acids is 1.